The van der Waals surface area contributed by atoms with Crippen LogP contribution in [0.4, 0.5) is 0 Å². The Bertz CT molecular complexity index is 619. The van der Waals surface area contributed by atoms with Crippen molar-refractivity contribution in [3.05, 3.63) is 0 Å². The molecule has 20 nitrogen and oxygen atoms in total. The Morgan fingerprint density at radius 3 is 0.259 bits per heavy atom. The summed E-state index contributed by atoms with van der Waals surface area (Å²) in [5.74, 6) is 0. The summed E-state index contributed by atoms with van der Waals surface area (Å²) in [5.41, 5.74) is 0. The summed E-state index contributed by atoms with van der Waals surface area (Å²) in [6.45, 7) is 0. The molecule has 0 atom stereocenters. The molecule has 0 unspecified atom stereocenters. The Labute approximate surface area is 176 Å². The van der Waals surface area contributed by atoms with E-state index in [1.54, 1.807) is 0 Å². The van der Waals surface area contributed by atoms with Crippen molar-refractivity contribution in [2.24, 2.45) is 0 Å². The molecule has 0 N–H and O–H groups in total. The van der Waals surface area contributed by atoms with Gasteiger partial charge in [0.15, 0.2) is 0 Å². The summed E-state index contributed by atoms with van der Waals surface area (Å²) in [5, 5.41) is 0. The van der Waals surface area contributed by atoms with Gasteiger partial charge in [-0.05, 0) is 0 Å². The van der Waals surface area contributed by atoms with E-state index in [0.717, 1.165) is 0 Å². The summed E-state index contributed by atoms with van der Waals surface area (Å²) < 4.78 is 170. The van der Waals surface area contributed by atoms with Crippen LogP contribution in [-0.2, 0) is 89.1 Å². The van der Waals surface area contributed by atoms with Crippen LogP contribution in [0.25, 0.3) is 0 Å². The number of hydrogen-bond donors (Lipinski definition) is 0. The molecule has 0 fully saturated rings. The van der Waals surface area contributed by atoms with Crippen molar-refractivity contribution in [3.8, 4) is 0 Å². The molecule has 0 saturated heterocycles. The smallest absolute Gasteiger partial charge is 0.0311 e. The zero-order valence-electron chi connectivity index (χ0n) is 11.1. The predicted molar refractivity (Wildman–Crippen MR) is 52.4 cm³/mol. The third-order valence-electron chi connectivity index (χ3n) is 0. The van der Waals surface area contributed by atoms with Crippen LogP contribution in [0.5, 0.6) is 0 Å². The molecule has 0 bridgehead atoms. The van der Waals surface area contributed by atoms with Crippen molar-refractivity contribution >= 4 is 52.0 Å². The van der Waals surface area contributed by atoms with E-state index in [1.165, 1.54) is 0 Å². The molecule has 0 saturated carbocycles. The molecule has 27 heavy (non-hydrogen) atoms. The molecule has 0 aliphatic heterocycles. The van der Waals surface area contributed by atoms with Gasteiger partial charge in [-0.3, -0.25) is 42.1 Å². The van der Waals surface area contributed by atoms with Crippen LogP contribution in [0.1, 0.15) is 0 Å². The maximum absolute atomic E-state index is 8.52. The Kier molecular flexibility index (Phi) is 31.6. The monoisotopic (exact) mass is 582 g/mol. The predicted octanol–water partition coefficient (Wildman–Crippen LogP) is -6.69. The van der Waals surface area contributed by atoms with Crippen LogP contribution >= 0.6 is 0 Å². The SMILES string of the molecule is O=S(=O)([O-])[O-].O=S(=O)([O-])[O-].O=S(=O)([O-])[O-].O=S(=O)([O-])[O-].O=S(=O)([O-])[O-].[V].[V]. The van der Waals surface area contributed by atoms with Crippen molar-refractivity contribution in [2.75, 3.05) is 0 Å². The minimum absolute atomic E-state index is 0. The molecule has 0 spiro atoms. The van der Waals surface area contributed by atoms with E-state index in [9.17, 15) is 0 Å². The normalized spacial score (nSPS) is 10.7. The van der Waals surface area contributed by atoms with Gasteiger partial charge in [-0.2, -0.15) is 0 Å². The van der Waals surface area contributed by atoms with E-state index in [-0.39, 0.29) is 37.1 Å². The van der Waals surface area contributed by atoms with Gasteiger partial charge in [0.2, 0.25) is 0 Å². The van der Waals surface area contributed by atoms with Crippen LogP contribution in [-0.4, -0.2) is 87.6 Å². The van der Waals surface area contributed by atoms with Crippen molar-refractivity contribution < 1.29 is 125 Å². The molecule has 27 heteroatoms. The van der Waals surface area contributed by atoms with Crippen LogP contribution in [0.3, 0.4) is 0 Å². The van der Waals surface area contributed by atoms with E-state index in [1.807, 2.05) is 0 Å². The van der Waals surface area contributed by atoms with Crippen LogP contribution in [0.2, 0.25) is 0 Å². The van der Waals surface area contributed by atoms with E-state index in [0.29, 0.717) is 0 Å². The summed E-state index contributed by atoms with van der Waals surface area (Å²) in [6, 6.07) is 0. The van der Waals surface area contributed by atoms with Gasteiger partial charge in [0, 0.05) is 89.1 Å². The van der Waals surface area contributed by atoms with E-state index < -0.39 is 52.0 Å². The molecule has 0 aromatic heterocycles. The molecule has 0 aliphatic carbocycles. The van der Waals surface area contributed by atoms with Crippen LogP contribution < -0.4 is 0 Å². The molecule has 2 radical (unpaired) electrons. The molecule has 0 heterocycles. The molecule has 0 aromatic carbocycles. The third-order valence-corrected chi connectivity index (χ3v) is 0. The molecule has 0 rings (SSSR count). The van der Waals surface area contributed by atoms with Crippen LogP contribution in [0.15, 0.2) is 0 Å². The fourth-order valence-corrected chi connectivity index (χ4v) is 0. The summed E-state index contributed by atoms with van der Waals surface area (Å²) in [6.07, 6.45) is 0. The second-order valence-electron chi connectivity index (χ2n) is 2.04. The fraction of sp³-hybridized carbons (Fsp3) is 0. The van der Waals surface area contributed by atoms with Gasteiger partial charge in [-0.15, -0.1) is 0 Å². The first-order chi connectivity index (χ1) is 10.0. The molecule has 0 aliphatic rings. The first kappa shape index (κ1) is 46.0. The standard InChI is InChI=1S/5H2O4S.2V/c5*1-5(2,3)4;;/h5*(H2,1,2,3,4);;/p-10. The Balaban J connectivity index is -0.0000000364. The average Bonchev–Trinajstić information content (AvgIpc) is 1.79. The maximum Gasteiger partial charge on any atom is 0.0311 e. The zero-order valence-corrected chi connectivity index (χ0v) is 18.0. The van der Waals surface area contributed by atoms with Gasteiger partial charge < -0.3 is 45.5 Å². The second kappa shape index (κ2) is 18.5. The topological polar surface area (TPSA) is 401 Å². The summed E-state index contributed by atoms with van der Waals surface area (Å²) in [7, 11) is -25.8. The van der Waals surface area contributed by atoms with Crippen LogP contribution in [0, 0.1) is 0 Å². The molecular weight excluding hydrogens is 582 g/mol. The van der Waals surface area contributed by atoms with E-state index >= 15 is 0 Å². The zero-order chi connectivity index (χ0) is 22.5. The third kappa shape index (κ3) is 59200. The molecule has 170 valence electrons. The van der Waals surface area contributed by atoms with Crippen molar-refractivity contribution in [3.63, 3.8) is 0 Å². The summed E-state index contributed by atoms with van der Waals surface area (Å²) in [4.78, 5) is 0. The van der Waals surface area contributed by atoms with Gasteiger partial charge in [-0.25, -0.2) is 0 Å². The average molecular weight is 582 g/mol. The minimum Gasteiger partial charge on any atom is -0.759 e. The van der Waals surface area contributed by atoms with E-state index in [2.05, 4.69) is 0 Å². The Morgan fingerprint density at radius 1 is 0.259 bits per heavy atom. The maximum atomic E-state index is 8.52. The first-order valence-corrected chi connectivity index (χ1v) is 10.0. The molecule has 0 aromatic rings. The van der Waals surface area contributed by atoms with Crippen molar-refractivity contribution in [1.29, 1.82) is 0 Å². The van der Waals surface area contributed by atoms with Crippen molar-refractivity contribution in [2.45, 2.75) is 0 Å². The quantitative estimate of drug-likeness (QED) is 0.189. The van der Waals surface area contributed by atoms with Crippen molar-refractivity contribution in [1.82, 2.24) is 0 Å². The van der Waals surface area contributed by atoms with Gasteiger partial charge >= 0.3 is 0 Å². The fourth-order valence-electron chi connectivity index (χ4n) is 0. The Morgan fingerprint density at radius 2 is 0.259 bits per heavy atom. The first-order valence-electron chi connectivity index (χ1n) is 3.33. The number of rotatable bonds is 0. The van der Waals surface area contributed by atoms with Gasteiger partial charge in [0.05, 0.1) is 0 Å². The second-order valence-corrected chi connectivity index (χ2v) is 6.12. The Hall–Kier alpha value is 0.519. The summed E-state index contributed by atoms with van der Waals surface area (Å²) >= 11 is 0. The molecule has 0 amide bonds. The van der Waals surface area contributed by atoms with Gasteiger partial charge in [-0.1, -0.05) is 0 Å². The largest absolute Gasteiger partial charge is 0.759 e. The van der Waals surface area contributed by atoms with Gasteiger partial charge in [0.1, 0.15) is 0 Å². The van der Waals surface area contributed by atoms with E-state index in [4.69, 9.17) is 87.6 Å². The molecular formula is O20S5V2-10. The minimum atomic E-state index is -5.17. The van der Waals surface area contributed by atoms with Gasteiger partial charge in [0.25, 0.3) is 0 Å². The number of hydrogen-bond acceptors (Lipinski definition) is 20.